The summed E-state index contributed by atoms with van der Waals surface area (Å²) in [6.07, 6.45) is 3.16. The summed E-state index contributed by atoms with van der Waals surface area (Å²) in [5, 5.41) is 46.2. The van der Waals surface area contributed by atoms with E-state index < -0.39 is 20.9 Å². The molecule has 1 aliphatic carbocycles. The monoisotopic (exact) mass is 524 g/mol. The van der Waals surface area contributed by atoms with Gasteiger partial charge in [-0.1, -0.05) is 0 Å². The summed E-state index contributed by atoms with van der Waals surface area (Å²) in [5.74, 6) is -1.71. The fourth-order valence-electron chi connectivity index (χ4n) is 6.08. The van der Waals surface area contributed by atoms with Crippen molar-refractivity contribution in [1.29, 1.82) is 0 Å². The molecule has 0 unspecified atom stereocenters. The highest BCUT2D eigenvalue weighted by Crippen LogP contribution is 2.50. The molecule has 2 aromatic carbocycles. The SMILES string of the molecule is C[N+](C)([O-])CCN1CCCc2c3c(c4c(c21)C(=O)c1c(O)ccc(O)c1C4=O)N(CC[N+](C)(C)[O-])CCC3. The van der Waals surface area contributed by atoms with Crippen LogP contribution in [0.5, 0.6) is 11.5 Å². The minimum atomic E-state index is -0.504. The number of carbonyl (C=O) groups excluding carboxylic acids is 2. The Hall–Kier alpha value is -3.18. The summed E-state index contributed by atoms with van der Waals surface area (Å²) in [6, 6.07) is 2.45. The predicted octanol–water partition coefficient (Wildman–Crippen LogP) is 2.53. The van der Waals surface area contributed by atoms with Crippen molar-refractivity contribution in [2.45, 2.75) is 25.7 Å². The van der Waals surface area contributed by atoms with Crippen LogP contribution in [0.1, 0.15) is 55.8 Å². The number of rotatable bonds is 6. The number of hydrogen-bond donors (Lipinski definition) is 2. The maximum atomic E-state index is 14.2. The number of hydroxylamine groups is 6. The van der Waals surface area contributed by atoms with Gasteiger partial charge in [0, 0.05) is 13.1 Å². The maximum absolute atomic E-state index is 14.2. The quantitative estimate of drug-likeness (QED) is 0.286. The largest absolute Gasteiger partial charge is 0.633 e. The Labute approximate surface area is 222 Å². The lowest BCUT2D eigenvalue weighted by Gasteiger charge is -2.44. The summed E-state index contributed by atoms with van der Waals surface area (Å²) in [6.45, 7) is 2.73. The van der Waals surface area contributed by atoms with E-state index >= 15 is 0 Å². The molecule has 2 N–H and O–H groups in total. The number of hydrogen-bond acceptors (Lipinski definition) is 8. The fourth-order valence-corrected chi connectivity index (χ4v) is 6.08. The number of likely N-dealkylation sites (N-methyl/N-ethyl adjacent to an activating group) is 2. The highest BCUT2D eigenvalue weighted by atomic mass is 16.5. The van der Waals surface area contributed by atoms with Gasteiger partial charge in [0.1, 0.15) is 11.5 Å². The Morgan fingerprint density at radius 2 is 1.08 bits per heavy atom. The lowest BCUT2D eigenvalue weighted by molar-refractivity contribution is -0.838. The van der Waals surface area contributed by atoms with Crippen molar-refractivity contribution in [1.82, 2.24) is 0 Å². The van der Waals surface area contributed by atoms with Gasteiger partial charge in [0.05, 0.1) is 88.0 Å². The van der Waals surface area contributed by atoms with Gasteiger partial charge in [-0.15, -0.1) is 0 Å². The van der Waals surface area contributed by atoms with Crippen LogP contribution in [0.25, 0.3) is 0 Å². The lowest BCUT2D eigenvalue weighted by atomic mass is 9.75. The zero-order chi connectivity index (χ0) is 27.6. The van der Waals surface area contributed by atoms with Gasteiger partial charge < -0.3 is 39.7 Å². The van der Waals surface area contributed by atoms with E-state index in [0.717, 1.165) is 36.8 Å². The molecule has 0 atom stereocenters. The van der Waals surface area contributed by atoms with Crippen LogP contribution < -0.4 is 9.80 Å². The molecule has 0 bridgehead atoms. The molecule has 204 valence electrons. The normalized spacial score (nSPS) is 17.2. The zero-order valence-corrected chi connectivity index (χ0v) is 22.5. The number of anilines is 2. The molecule has 0 saturated heterocycles. The molecule has 2 aromatic rings. The van der Waals surface area contributed by atoms with E-state index in [1.54, 1.807) is 28.2 Å². The van der Waals surface area contributed by atoms with Crippen molar-refractivity contribution < 1.29 is 29.1 Å². The second kappa shape index (κ2) is 9.23. The average molecular weight is 525 g/mol. The van der Waals surface area contributed by atoms with Gasteiger partial charge in [0.2, 0.25) is 11.6 Å². The van der Waals surface area contributed by atoms with Crippen LogP contribution in [-0.2, 0) is 12.8 Å². The molecule has 0 radical (unpaired) electrons. The first-order chi connectivity index (χ1) is 17.8. The standard InChI is InChI=1S/C28H36N4O6/c1-31(2,37)15-13-29-11-5-7-17-18-8-6-12-30(14-16-32(3,4)38)26(18)24-23(25(17)29)27(35)21-19(33)9-10-20(34)22(21)28(24)36/h9-10,33-34H,5-8,11-16H2,1-4H3. The number of benzene rings is 2. The van der Waals surface area contributed by atoms with E-state index in [1.807, 2.05) is 9.80 Å². The molecule has 0 amide bonds. The topological polar surface area (TPSA) is 127 Å². The Morgan fingerprint density at radius 3 is 1.42 bits per heavy atom. The Kier molecular flexibility index (Phi) is 6.42. The number of aromatic hydroxyl groups is 2. The smallest absolute Gasteiger partial charge is 0.200 e. The number of nitrogens with zero attached hydrogens (tertiary/aromatic N) is 4. The van der Waals surface area contributed by atoms with Crippen molar-refractivity contribution >= 4 is 22.9 Å². The molecule has 0 aromatic heterocycles. The van der Waals surface area contributed by atoms with Gasteiger partial charge in [0.25, 0.3) is 0 Å². The molecule has 2 aliphatic heterocycles. The van der Waals surface area contributed by atoms with E-state index in [2.05, 4.69) is 0 Å². The van der Waals surface area contributed by atoms with E-state index in [9.17, 15) is 30.2 Å². The molecule has 38 heavy (non-hydrogen) atoms. The van der Waals surface area contributed by atoms with Gasteiger partial charge in [-0.2, -0.15) is 0 Å². The highest BCUT2D eigenvalue weighted by molar-refractivity contribution is 6.34. The molecule has 5 rings (SSSR count). The Morgan fingerprint density at radius 1 is 0.711 bits per heavy atom. The maximum Gasteiger partial charge on any atom is 0.200 e. The van der Waals surface area contributed by atoms with Crippen LogP contribution in [0.4, 0.5) is 11.4 Å². The van der Waals surface area contributed by atoms with Gasteiger partial charge >= 0.3 is 0 Å². The number of ketones is 2. The number of phenolic OH excluding ortho intramolecular Hbond substituents is 2. The highest BCUT2D eigenvalue weighted by Gasteiger charge is 2.43. The summed E-state index contributed by atoms with van der Waals surface area (Å²) >= 11 is 0. The third kappa shape index (κ3) is 4.51. The molecule has 0 spiro atoms. The molecular formula is C28H36N4O6. The van der Waals surface area contributed by atoms with Crippen LogP contribution in [0.3, 0.4) is 0 Å². The predicted molar refractivity (Wildman–Crippen MR) is 145 cm³/mol. The number of quaternary nitrogens is 2. The van der Waals surface area contributed by atoms with Crippen molar-refractivity contribution in [3.05, 3.63) is 55.9 Å². The minimum absolute atomic E-state index is 0.185. The first-order valence-corrected chi connectivity index (χ1v) is 13.2. The van der Waals surface area contributed by atoms with Gasteiger partial charge in [-0.05, 0) is 48.9 Å². The van der Waals surface area contributed by atoms with Gasteiger partial charge in [-0.25, -0.2) is 0 Å². The number of fused-ring (bicyclic) bond motifs is 7. The van der Waals surface area contributed by atoms with E-state index in [4.69, 9.17) is 0 Å². The molecule has 10 heteroatoms. The van der Waals surface area contributed by atoms with Gasteiger partial charge in [-0.3, -0.25) is 9.59 Å². The van der Waals surface area contributed by atoms with Crippen LogP contribution in [0.15, 0.2) is 12.1 Å². The average Bonchev–Trinajstić information content (AvgIpc) is 2.84. The Balaban J connectivity index is 1.78. The molecule has 10 nitrogen and oxygen atoms in total. The zero-order valence-electron chi connectivity index (χ0n) is 22.5. The van der Waals surface area contributed by atoms with Crippen LogP contribution in [-0.4, -0.2) is 98.5 Å². The second-order valence-corrected chi connectivity index (χ2v) is 11.7. The molecular weight excluding hydrogens is 488 g/mol. The van der Waals surface area contributed by atoms with E-state index in [0.29, 0.717) is 50.6 Å². The summed E-state index contributed by atoms with van der Waals surface area (Å²) in [4.78, 5) is 32.4. The minimum Gasteiger partial charge on any atom is -0.633 e. The second-order valence-electron chi connectivity index (χ2n) is 11.7. The first-order valence-electron chi connectivity index (χ1n) is 13.2. The summed E-state index contributed by atoms with van der Waals surface area (Å²) in [7, 11) is 6.30. The first kappa shape index (κ1) is 26.4. The molecule has 3 aliphatic rings. The molecule has 0 saturated carbocycles. The molecule has 0 fully saturated rings. The Bertz CT molecular complexity index is 1220. The number of carbonyl (C=O) groups is 2. The lowest BCUT2D eigenvalue weighted by Crippen LogP contribution is -2.45. The van der Waals surface area contributed by atoms with Crippen molar-refractivity contribution in [2.24, 2.45) is 0 Å². The van der Waals surface area contributed by atoms with E-state index in [1.165, 1.54) is 12.1 Å². The number of phenols is 2. The summed E-state index contributed by atoms with van der Waals surface area (Å²) in [5.41, 5.74) is 3.45. The van der Waals surface area contributed by atoms with Gasteiger partial charge in [0.15, 0.2) is 0 Å². The van der Waals surface area contributed by atoms with E-state index in [-0.39, 0.29) is 33.8 Å². The molecule has 2 heterocycles. The van der Waals surface area contributed by atoms with Crippen LogP contribution in [0, 0.1) is 10.4 Å². The third-order valence-electron chi connectivity index (χ3n) is 7.89. The van der Waals surface area contributed by atoms with Crippen LogP contribution >= 0.6 is 0 Å². The van der Waals surface area contributed by atoms with Crippen LogP contribution in [0.2, 0.25) is 0 Å². The fraction of sp³-hybridized carbons (Fsp3) is 0.500. The van der Waals surface area contributed by atoms with Crippen molar-refractivity contribution in [3.8, 4) is 11.5 Å². The summed E-state index contributed by atoms with van der Waals surface area (Å²) < 4.78 is -0.972. The van der Waals surface area contributed by atoms with Crippen molar-refractivity contribution in [3.63, 3.8) is 0 Å². The van der Waals surface area contributed by atoms with Crippen molar-refractivity contribution in [2.75, 3.05) is 77.3 Å². The third-order valence-corrected chi connectivity index (χ3v) is 7.89.